The minimum atomic E-state index is -0.544. The first-order valence-corrected chi connectivity index (χ1v) is 11.1. The van der Waals surface area contributed by atoms with Crippen molar-refractivity contribution in [1.82, 2.24) is 0 Å². The molecular formula is C28H34O5. The zero-order chi connectivity index (χ0) is 24.4. The van der Waals surface area contributed by atoms with Crippen LogP contribution in [0, 0.1) is 0 Å². The minimum absolute atomic E-state index is 0.239. The Bertz CT molecular complexity index is 1020. The van der Waals surface area contributed by atoms with E-state index in [9.17, 15) is 9.59 Å². The first-order valence-electron chi connectivity index (χ1n) is 11.1. The van der Waals surface area contributed by atoms with Gasteiger partial charge >= 0.3 is 11.9 Å². The molecule has 0 aromatic heterocycles. The van der Waals surface area contributed by atoms with Gasteiger partial charge < -0.3 is 14.2 Å². The Labute approximate surface area is 197 Å². The highest BCUT2D eigenvalue weighted by molar-refractivity contribution is 5.87. The van der Waals surface area contributed by atoms with E-state index >= 15 is 0 Å². The molecule has 0 saturated carbocycles. The second-order valence-electron chi connectivity index (χ2n) is 9.01. The van der Waals surface area contributed by atoms with Gasteiger partial charge in [-0.3, -0.25) is 4.79 Å². The third-order valence-electron chi connectivity index (χ3n) is 4.65. The topological polar surface area (TPSA) is 61.8 Å². The monoisotopic (exact) mass is 450 g/mol. The molecule has 0 fully saturated rings. The van der Waals surface area contributed by atoms with Gasteiger partial charge in [0.25, 0.3) is 0 Å². The van der Waals surface area contributed by atoms with Gasteiger partial charge in [-0.2, -0.15) is 0 Å². The lowest BCUT2D eigenvalue weighted by Gasteiger charge is -2.17. The standard InChI is InChI=1S/C28H34O5/c1-20(2)11-14-23-19-21(13-17-27(30)33-28(3,4)5)12-16-25(23)32-26(29)18-15-22-9-7-8-10-24(22)31-6/h7-13,16-17,19H,14-15,18H2,1-6H3/b17-13+. The van der Waals surface area contributed by atoms with Gasteiger partial charge in [-0.15, -0.1) is 0 Å². The summed E-state index contributed by atoms with van der Waals surface area (Å²) in [6.07, 6.45) is 6.57. The molecule has 33 heavy (non-hydrogen) atoms. The van der Waals surface area contributed by atoms with E-state index in [0.717, 1.165) is 28.0 Å². The van der Waals surface area contributed by atoms with Gasteiger partial charge in [0, 0.05) is 6.08 Å². The molecular weight excluding hydrogens is 416 g/mol. The Kier molecular flexibility index (Phi) is 9.46. The van der Waals surface area contributed by atoms with Crippen molar-refractivity contribution in [3.05, 3.63) is 76.9 Å². The molecule has 0 aliphatic rings. The summed E-state index contributed by atoms with van der Waals surface area (Å²) in [7, 11) is 1.62. The third kappa shape index (κ3) is 9.36. The van der Waals surface area contributed by atoms with Crippen LogP contribution in [0.5, 0.6) is 11.5 Å². The van der Waals surface area contributed by atoms with Crippen LogP contribution < -0.4 is 9.47 Å². The van der Waals surface area contributed by atoms with Crippen molar-refractivity contribution >= 4 is 18.0 Å². The van der Waals surface area contributed by atoms with Gasteiger partial charge in [-0.05, 0) is 88.4 Å². The van der Waals surface area contributed by atoms with E-state index in [4.69, 9.17) is 14.2 Å². The second-order valence-corrected chi connectivity index (χ2v) is 9.01. The molecule has 2 aromatic rings. The molecule has 0 atom stereocenters. The van der Waals surface area contributed by atoms with E-state index in [1.165, 1.54) is 6.08 Å². The summed E-state index contributed by atoms with van der Waals surface area (Å²) in [5.41, 5.74) is 3.28. The Morgan fingerprint density at radius 1 is 0.970 bits per heavy atom. The first-order chi connectivity index (χ1) is 15.6. The van der Waals surface area contributed by atoms with Crippen LogP contribution in [0.1, 0.15) is 57.7 Å². The molecule has 0 saturated heterocycles. The summed E-state index contributed by atoms with van der Waals surface area (Å²) >= 11 is 0. The van der Waals surface area contributed by atoms with E-state index < -0.39 is 11.6 Å². The van der Waals surface area contributed by atoms with Crippen LogP contribution in [0.25, 0.3) is 6.08 Å². The summed E-state index contributed by atoms with van der Waals surface area (Å²) in [5, 5.41) is 0. The molecule has 0 aliphatic heterocycles. The van der Waals surface area contributed by atoms with Crippen molar-refractivity contribution in [2.24, 2.45) is 0 Å². The van der Waals surface area contributed by atoms with Crippen LogP contribution in [0.4, 0.5) is 0 Å². The molecule has 176 valence electrons. The van der Waals surface area contributed by atoms with E-state index in [1.807, 2.05) is 71.0 Å². The average Bonchev–Trinajstić information content (AvgIpc) is 2.74. The van der Waals surface area contributed by atoms with Gasteiger partial charge in [0.1, 0.15) is 17.1 Å². The third-order valence-corrected chi connectivity index (χ3v) is 4.65. The van der Waals surface area contributed by atoms with Crippen molar-refractivity contribution in [1.29, 1.82) is 0 Å². The number of para-hydroxylation sites is 1. The highest BCUT2D eigenvalue weighted by Crippen LogP contribution is 2.24. The highest BCUT2D eigenvalue weighted by Gasteiger charge is 2.14. The fraction of sp³-hybridized carbons (Fsp3) is 0.357. The quantitative estimate of drug-likeness (QED) is 0.200. The number of aryl methyl sites for hydroxylation is 1. The average molecular weight is 451 g/mol. The Balaban J connectivity index is 2.13. The Hall–Kier alpha value is -3.34. The molecule has 0 heterocycles. The number of benzene rings is 2. The lowest BCUT2D eigenvalue weighted by Crippen LogP contribution is -2.22. The molecule has 5 heteroatoms. The van der Waals surface area contributed by atoms with E-state index in [1.54, 1.807) is 19.3 Å². The summed E-state index contributed by atoms with van der Waals surface area (Å²) in [6, 6.07) is 13.1. The number of methoxy groups -OCH3 is 1. The van der Waals surface area contributed by atoms with Gasteiger partial charge in [0.15, 0.2) is 0 Å². The number of ether oxygens (including phenoxy) is 3. The molecule has 0 spiro atoms. The molecule has 0 N–H and O–H groups in total. The Morgan fingerprint density at radius 3 is 2.36 bits per heavy atom. The van der Waals surface area contributed by atoms with Gasteiger partial charge in [-0.25, -0.2) is 4.79 Å². The molecule has 5 nitrogen and oxygen atoms in total. The lowest BCUT2D eigenvalue weighted by atomic mass is 10.0. The number of hydrogen-bond acceptors (Lipinski definition) is 5. The zero-order valence-corrected chi connectivity index (χ0v) is 20.4. The maximum atomic E-state index is 12.6. The number of allylic oxidation sites excluding steroid dienone is 2. The number of carbonyl (C=O) groups excluding carboxylic acids is 2. The number of carbonyl (C=O) groups is 2. The van der Waals surface area contributed by atoms with Gasteiger partial charge in [-0.1, -0.05) is 35.9 Å². The van der Waals surface area contributed by atoms with Crippen LogP contribution in [0.3, 0.4) is 0 Å². The Morgan fingerprint density at radius 2 is 1.70 bits per heavy atom. The maximum absolute atomic E-state index is 12.6. The van der Waals surface area contributed by atoms with Crippen molar-refractivity contribution in [2.45, 2.75) is 59.5 Å². The molecule has 0 unspecified atom stereocenters. The molecule has 0 aliphatic carbocycles. The molecule has 0 radical (unpaired) electrons. The normalized spacial score (nSPS) is 11.2. The van der Waals surface area contributed by atoms with Gasteiger partial charge in [0.2, 0.25) is 0 Å². The smallest absolute Gasteiger partial charge is 0.331 e. The second kappa shape index (κ2) is 12.0. The molecule has 0 bridgehead atoms. The summed E-state index contributed by atoms with van der Waals surface area (Å²) in [6.45, 7) is 9.52. The predicted molar refractivity (Wildman–Crippen MR) is 131 cm³/mol. The van der Waals surface area contributed by atoms with Gasteiger partial charge in [0.05, 0.1) is 13.5 Å². The molecule has 0 amide bonds. The zero-order valence-electron chi connectivity index (χ0n) is 20.4. The number of hydrogen-bond donors (Lipinski definition) is 0. The maximum Gasteiger partial charge on any atom is 0.331 e. The minimum Gasteiger partial charge on any atom is -0.496 e. The fourth-order valence-corrected chi connectivity index (χ4v) is 3.10. The summed E-state index contributed by atoms with van der Waals surface area (Å²) in [4.78, 5) is 24.5. The largest absolute Gasteiger partial charge is 0.496 e. The first kappa shape index (κ1) is 25.9. The lowest BCUT2D eigenvalue weighted by molar-refractivity contribution is -0.148. The van der Waals surface area contributed by atoms with E-state index in [2.05, 4.69) is 6.08 Å². The van der Waals surface area contributed by atoms with Crippen LogP contribution in [-0.2, 0) is 27.2 Å². The number of rotatable bonds is 9. The van der Waals surface area contributed by atoms with Crippen LogP contribution in [-0.4, -0.2) is 24.6 Å². The van der Waals surface area contributed by atoms with Crippen LogP contribution >= 0.6 is 0 Å². The predicted octanol–water partition coefficient (Wildman–Crippen LogP) is 6.10. The van der Waals surface area contributed by atoms with E-state index in [0.29, 0.717) is 18.6 Å². The SMILES string of the molecule is COc1ccccc1CCC(=O)Oc1ccc(/C=C/C(=O)OC(C)(C)C)cc1CC=C(C)C. The van der Waals surface area contributed by atoms with E-state index in [-0.39, 0.29) is 12.4 Å². The molecule has 2 rings (SSSR count). The fourth-order valence-electron chi connectivity index (χ4n) is 3.10. The van der Waals surface area contributed by atoms with Crippen molar-refractivity contribution in [3.63, 3.8) is 0 Å². The summed E-state index contributed by atoms with van der Waals surface area (Å²) in [5.74, 6) is 0.569. The van der Waals surface area contributed by atoms with Crippen LogP contribution in [0.15, 0.2) is 60.2 Å². The highest BCUT2D eigenvalue weighted by atomic mass is 16.6. The van der Waals surface area contributed by atoms with Crippen molar-refractivity contribution in [3.8, 4) is 11.5 Å². The van der Waals surface area contributed by atoms with Crippen molar-refractivity contribution in [2.75, 3.05) is 7.11 Å². The van der Waals surface area contributed by atoms with Crippen LogP contribution in [0.2, 0.25) is 0 Å². The van der Waals surface area contributed by atoms with Crippen molar-refractivity contribution < 1.29 is 23.8 Å². The number of esters is 2. The summed E-state index contributed by atoms with van der Waals surface area (Å²) < 4.78 is 16.4. The molecule has 2 aromatic carbocycles.